The van der Waals surface area contributed by atoms with Crippen LogP contribution in [0.25, 0.3) is 22.4 Å². The van der Waals surface area contributed by atoms with E-state index in [4.69, 9.17) is 4.52 Å². The maximum Gasteiger partial charge on any atom is 0.141 e. The van der Waals surface area contributed by atoms with Crippen molar-refractivity contribution in [1.82, 2.24) is 14.9 Å². The second kappa shape index (κ2) is 5.31. The highest BCUT2D eigenvalue weighted by Gasteiger charge is 2.24. The Bertz CT molecular complexity index is 797. The van der Waals surface area contributed by atoms with Gasteiger partial charge in [0.25, 0.3) is 0 Å². The van der Waals surface area contributed by atoms with E-state index in [1.165, 1.54) is 0 Å². The van der Waals surface area contributed by atoms with Gasteiger partial charge in [0.2, 0.25) is 0 Å². The number of aliphatic hydroxyl groups is 1. The van der Waals surface area contributed by atoms with Crippen LogP contribution in [-0.4, -0.2) is 25.2 Å². The molecule has 6 heteroatoms. The third kappa shape index (κ3) is 2.17. The maximum atomic E-state index is 9.73. The Morgan fingerprint density at radius 3 is 2.36 bits per heavy atom. The van der Waals surface area contributed by atoms with Crippen molar-refractivity contribution >= 4 is 0 Å². The van der Waals surface area contributed by atoms with Crippen LogP contribution < -0.4 is 0 Å². The average molecular weight is 299 g/mol. The number of phenols is 1. The summed E-state index contributed by atoms with van der Waals surface area (Å²) in [4.78, 5) is 0. The van der Waals surface area contributed by atoms with E-state index in [-0.39, 0.29) is 12.4 Å². The van der Waals surface area contributed by atoms with E-state index in [2.05, 4.69) is 10.3 Å². The summed E-state index contributed by atoms with van der Waals surface area (Å²) >= 11 is 0. The normalized spacial score (nSPS) is 11.1. The molecule has 2 heterocycles. The van der Waals surface area contributed by atoms with Gasteiger partial charge < -0.3 is 14.7 Å². The highest BCUT2D eigenvalue weighted by molar-refractivity contribution is 5.84. The van der Waals surface area contributed by atoms with Crippen molar-refractivity contribution in [2.75, 3.05) is 0 Å². The molecule has 2 N–H and O–H groups in total. The van der Waals surface area contributed by atoms with Crippen LogP contribution in [0.2, 0.25) is 0 Å². The number of aromatic hydroxyl groups is 1. The average Bonchev–Trinajstić information content (AvgIpc) is 2.99. The molecule has 2 aromatic heterocycles. The summed E-state index contributed by atoms with van der Waals surface area (Å²) in [7, 11) is 1.79. The van der Waals surface area contributed by atoms with Gasteiger partial charge in [-0.05, 0) is 38.1 Å². The van der Waals surface area contributed by atoms with Gasteiger partial charge in [-0.2, -0.15) is 5.10 Å². The SMILES string of the molecule is Cc1noc(C)c1-c1c(-c2ccc(O)cc2)nn(C)c1CO. The van der Waals surface area contributed by atoms with Crippen LogP contribution in [0.5, 0.6) is 5.75 Å². The van der Waals surface area contributed by atoms with Crippen molar-refractivity contribution in [2.24, 2.45) is 7.05 Å². The first-order valence-electron chi connectivity index (χ1n) is 6.92. The van der Waals surface area contributed by atoms with E-state index in [1.807, 2.05) is 13.8 Å². The van der Waals surface area contributed by atoms with E-state index in [0.29, 0.717) is 11.5 Å². The van der Waals surface area contributed by atoms with Gasteiger partial charge in [0.1, 0.15) is 17.2 Å². The Labute approximate surface area is 127 Å². The first kappa shape index (κ1) is 14.3. The molecule has 0 aliphatic carbocycles. The number of phenolic OH excluding ortho intramolecular Hbond substituents is 1. The first-order chi connectivity index (χ1) is 10.5. The Morgan fingerprint density at radius 2 is 1.82 bits per heavy atom. The number of nitrogens with zero attached hydrogens (tertiary/aromatic N) is 3. The lowest BCUT2D eigenvalue weighted by molar-refractivity contribution is 0.271. The molecule has 0 atom stereocenters. The van der Waals surface area contributed by atoms with E-state index >= 15 is 0 Å². The number of rotatable bonds is 3. The molecule has 6 nitrogen and oxygen atoms in total. The van der Waals surface area contributed by atoms with Crippen molar-refractivity contribution in [3.8, 4) is 28.1 Å². The van der Waals surface area contributed by atoms with E-state index in [0.717, 1.165) is 28.1 Å². The molecule has 0 fully saturated rings. The number of aliphatic hydroxyl groups excluding tert-OH is 1. The fourth-order valence-electron chi connectivity index (χ4n) is 2.66. The molecule has 0 aliphatic heterocycles. The summed E-state index contributed by atoms with van der Waals surface area (Å²) in [6.45, 7) is 3.56. The molecule has 0 radical (unpaired) electrons. The molecule has 0 saturated heterocycles. The Hall–Kier alpha value is -2.60. The lowest BCUT2D eigenvalue weighted by atomic mass is 9.97. The van der Waals surface area contributed by atoms with Gasteiger partial charge >= 0.3 is 0 Å². The molecule has 1 aromatic carbocycles. The summed E-state index contributed by atoms with van der Waals surface area (Å²) < 4.78 is 6.92. The zero-order valence-corrected chi connectivity index (χ0v) is 12.7. The molecule has 0 saturated carbocycles. The molecule has 114 valence electrons. The smallest absolute Gasteiger partial charge is 0.141 e. The van der Waals surface area contributed by atoms with Gasteiger partial charge in [-0.15, -0.1) is 0 Å². The van der Waals surface area contributed by atoms with Crippen molar-refractivity contribution in [3.05, 3.63) is 41.4 Å². The highest BCUT2D eigenvalue weighted by Crippen LogP contribution is 2.38. The van der Waals surface area contributed by atoms with Gasteiger partial charge in [0, 0.05) is 18.2 Å². The number of benzene rings is 1. The fraction of sp³-hybridized carbons (Fsp3) is 0.250. The second-order valence-electron chi connectivity index (χ2n) is 5.20. The fourth-order valence-corrected chi connectivity index (χ4v) is 2.66. The van der Waals surface area contributed by atoms with Gasteiger partial charge in [-0.3, -0.25) is 4.68 Å². The predicted octanol–water partition coefficient (Wildman–Crippen LogP) is 2.56. The van der Waals surface area contributed by atoms with Crippen molar-refractivity contribution in [1.29, 1.82) is 0 Å². The second-order valence-corrected chi connectivity index (χ2v) is 5.20. The zero-order valence-electron chi connectivity index (χ0n) is 12.7. The molecule has 0 bridgehead atoms. The van der Waals surface area contributed by atoms with E-state index < -0.39 is 0 Å². The minimum absolute atomic E-state index is 0.138. The molecule has 3 rings (SSSR count). The Morgan fingerprint density at radius 1 is 1.14 bits per heavy atom. The monoisotopic (exact) mass is 299 g/mol. The predicted molar refractivity (Wildman–Crippen MR) is 81.2 cm³/mol. The molecule has 3 aromatic rings. The summed E-state index contributed by atoms with van der Waals surface area (Å²) in [5, 5.41) is 27.7. The Kier molecular flexibility index (Phi) is 3.46. The standard InChI is InChI=1S/C16H17N3O3/c1-9-14(10(2)22-18-9)15-13(8-20)19(3)17-16(15)11-4-6-12(21)7-5-11/h4-7,20-21H,8H2,1-3H3. The van der Waals surface area contributed by atoms with E-state index in [9.17, 15) is 10.2 Å². The highest BCUT2D eigenvalue weighted by atomic mass is 16.5. The van der Waals surface area contributed by atoms with Crippen LogP contribution in [0.1, 0.15) is 17.1 Å². The zero-order chi connectivity index (χ0) is 15.9. The van der Waals surface area contributed by atoms with Crippen LogP contribution in [0.15, 0.2) is 28.8 Å². The molecule has 22 heavy (non-hydrogen) atoms. The van der Waals surface area contributed by atoms with Gasteiger partial charge in [-0.1, -0.05) is 5.16 Å². The molecule has 0 amide bonds. The lowest BCUT2D eigenvalue weighted by Gasteiger charge is -2.05. The quantitative estimate of drug-likeness (QED) is 0.776. The lowest BCUT2D eigenvalue weighted by Crippen LogP contribution is -1.98. The van der Waals surface area contributed by atoms with Gasteiger partial charge in [0.15, 0.2) is 0 Å². The minimum atomic E-state index is -0.138. The van der Waals surface area contributed by atoms with Crippen LogP contribution in [0, 0.1) is 13.8 Å². The molecule has 0 unspecified atom stereocenters. The summed E-state index contributed by atoms with van der Waals surface area (Å²) in [6, 6.07) is 6.81. The molecular formula is C16H17N3O3. The molecular weight excluding hydrogens is 282 g/mol. The van der Waals surface area contributed by atoms with Crippen LogP contribution in [0.4, 0.5) is 0 Å². The number of aryl methyl sites for hydroxylation is 3. The van der Waals surface area contributed by atoms with Gasteiger partial charge in [-0.25, -0.2) is 0 Å². The van der Waals surface area contributed by atoms with E-state index in [1.54, 1.807) is 36.0 Å². The largest absolute Gasteiger partial charge is 0.508 e. The van der Waals surface area contributed by atoms with Crippen LogP contribution in [-0.2, 0) is 13.7 Å². The number of hydrogen-bond acceptors (Lipinski definition) is 5. The van der Waals surface area contributed by atoms with Gasteiger partial charge in [0.05, 0.1) is 23.6 Å². The van der Waals surface area contributed by atoms with Crippen molar-refractivity contribution < 1.29 is 14.7 Å². The Balaban J connectivity index is 2.30. The molecule has 0 spiro atoms. The van der Waals surface area contributed by atoms with Crippen LogP contribution >= 0.6 is 0 Å². The molecule has 0 aliphatic rings. The van der Waals surface area contributed by atoms with Crippen molar-refractivity contribution in [3.63, 3.8) is 0 Å². The summed E-state index contributed by atoms with van der Waals surface area (Å²) in [5.41, 5.74) is 4.67. The maximum absolute atomic E-state index is 9.73. The number of hydrogen-bond donors (Lipinski definition) is 2. The summed E-state index contributed by atoms with van der Waals surface area (Å²) in [6.07, 6.45) is 0. The topological polar surface area (TPSA) is 84.3 Å². The number of aromatic nitrogens is 3. The first-order valence-corrected chi connectivity index (χ1v) is 6.92. The van der Waals surface area contributed by atoms with Crippen molar-refractivity contribution in [2.45, 2.75) is 20.5 Å². The van der Waals surface area contributed by atoms with Crippen LogP contribution in [0.3, 0.4) is 0 Å². The third-order valence-electron chi connectivity index (χ3n) is 3.74. The summed E-state index contributed by atoms with van der Waals surface area (Å²) in [5.74, 6) is 0.876. The third-order valence-corrected chi connectivity index (χ3v) is 3.74. The minimum Gasteiger partial charge on any atom is -0.508 e.